The lowest BCUT2D eigenvalue weighted by molar-refractivity contribution is 0.0692. The second-order valence-electron chi connectivity index (χ2n) is 2.64. The minimum Gasteiger partial charge on any atom is -0.478 e. The smallest absolute Gasteiger partial charge is 0.337 e. The van der Waals surface area contributed by atoms with Crippen molar-refractivity contribution < 1.29 is 22.9 Å². The molecule has 16 heavy (non-hydrogen) atoms. The lowest BCUT2D eigenvalue weighted by atomic mass is 10.2. The number of carboxylic acids is 1. The number of carboxylic acid groups (broad SMARTS) is 1. The van der Waals surface area contributed by atoms with Crippen molar-refractivity contribution in [3.63, 3.8) is 0 Å². The van der Waals surface area contributed by atoms with Crippen molar-refractivity contribution in [2.45, 2.75) is 4.90 Å². The molecule has 0 bridgehead atoms. The van der Waals surface area contributed by atoms with Crippen LogP contribution in [0.4, 0.5) is 0 Å². The Morgan fingerprint density at radius 3 is 2.06 bits per heavy atom. The van der Waals surface area contributed by atoms with Gasteiger partial charge in [-0.2, -0.15) is 8.42 Å². The predicted molar refractivity (Wildman–Crippen MR) is 58.2 cm³/mol. The Balaban J connectivity index is 3.83. The fourth-order valence-corrected chi connectivity index (χ4v) is 2.70. The number of aromatic carboxylic acids is 1. The van der Waals surface area contributed by atoms with Crippen molar-refractivity contribution in [2.75, 3.05) is 0 Å². The Morgan fingerprint density at radius 2 is 1.69 bits per heavy atom. The molecule has 0 fully saturated rings. The second-order valence-corrected chi connectivity index (χ2v) is 5.16. The summed E-state index contributed by atoms with van der Waals surface area (Å²) in [6.07, 6.45) is 0. The van der Waals surface area contributed by atoms with Gasteiger partial charge in [0.25, 0.3) is 10.1 Å². The van der Waals surface area contributed by atoms with E-state index in [-0.39, 0.29) is 10.0 Å². The van der Waals surface area contributed by atoms with Gasteiger partial charge in [0.15, 0.2) is 0 Å². The number of rotatable bonds is 2. The molecule has 0 atom stereocenters. The van der Waals surface area contributed by atoms with Crippen LogP contribution >= 0.6 is 34.8 Å². The highest BCUT2D eigenvalue weighted by Gasteiger charge is 2.27. The zero-order valence-electron chi connectivity index (χ0n) is 7.24. The quantitative estimate of drug-likeness (QED) is 0.647. The number of halogens is 3. The molecule has 1 aromatic rings. The maximum atomic E-state index is 10.9. The SMILES string of the molecule is O=C(O)c1cc(Cl)c(Cl)c(Cl)c1S(=O)(=O)O. The molecule has 1 aromatic carbocycles. The monoisotopic (exact) mass is 304 g/mol. The third-order valence-corrected chi connectivity index (χ3v) is 3.92. The van der Waals surface area contributed by atoms with Gasteiger partial charge >= 0.3 is 5.97 Å². The van der Waals surface area contributed by atoms with Crippen LogP contribution in [0.25, 0.3) is 0 Å². The van der Waals surface area contributed by atoms with E-state index in [0.717, 1.165) is 6.07 Å². The molecule has 0 amide bonds. The maximum Gasteiger partial charge on any atom is 0.337 e. The number of benzene rings is 1. The highest BCUT2D eigenvalue weighted by molar-refractivity contribution is 7.86. The maximum absolute atomic E-state index is 10.9. The van der Waals surface area contributed by atoms with E-state index in [0.29, 0.717) is 0 Å². The summed E-state index contributed by atoms with van der Waals surface area (Å²) in [5.41, 5.74) is -0.748. The van der Waals surface area contributed by atoms with Gasteiger partial charge in [0.05, 0.1) is 20.6 Å². The first-order chi connectivity index (χ1) is 7.16. The molecular formula is C7H3Cl3O5S. The molecule has 9 heteroatoms. The summed E-state index contributed by atoms with van der Waals surface area (Å²) >= 11 is 16.6. The van der Waals surface area contributed by atoms with Crippen LogP contribution < -0.4 is 0 Å². The van der Waals surface area contributed by atoms with Crippen LogP contribution in [0.2, 0.25) is 15.1 Å². The third-order valence-electron chi connectivity index (χ3n) is 1.61. The molecule has 5 nitrogen and oxygen atoms in total. The van der Waals surface area contributed by atoms with E-state index in [2.05, 4.69) is 0 Å². The Labute approximate surface area is 105 Å². The molecule has 88 valence electrons. The number of hydrogen-bond donors (Lipinski definition) is 2. The molecular weight excluding hydrogens is 302 g/mol. The van der Waals surface area contributed by atoms with E-state index >= 15 is 0 Å². The van der Waals surface area contributed by atoms with Gasteiger partial charge in [0.1, 0.15) is 4.90 Å². The highest BCUT2D eigenvalue weighted by Crippen LogP contribution is 2.37. The summed E-state index contributed by atoms with van der Waals surface area (Å²) in [6, 6.07) is 0.793. The van der Waals surface area contributed by atoms with Crippen molar-refractivity contribution in [3.05, 3.63) is 26.7 Å². The Hall–Kier alpha value is -0.530. The summed E-state index contributed by atoms with van der Waals surface area (Å²) in [5.74, 6) is -1.60. The average Bonchev–Trinajstić information content (AvgIpc) is 2.10. The molecule has 0 aliphatic heterocycles. The van der Waals surface area contributed by atoms with Crippen molar-refractivity contribution in [1.82, 2.24) is 0 Å². The zero-order chi connectivity index (χ0) is 12.7. The molecule has 0 unspecified atom stereocenters. The standard InChI is InChI=1S/C7H3Cl3O5S/c8-3-1-2(7(11)12)6(16(13,14)15)5(10)4(3)9/h1H,(H,11,12)(H,13,14,15). The summed E-state index contributed by atoms with van der Waals surface area (Å²) in [7, 11) is -4.80. The largest absolute Gasteiger partial charge is 0.478 e. The Kier molecular flexibility index (Phi) is 3.71. The van der Waals surface area contributed by atoms with Crippen LogP contribution in [-0.2, 0) is 10.1 Å². The molecule has 0 heterocycles. The van der Waals surface area contributed by atoms with E-state index in [1.807, 2.05) is 0 Å². The van der Waals surface area contributed by atoms with E-state index in [9.17, 15) is 13.2 Å². The molecule has 0 aliphatic carbocycles. The second kappa shape index (κ2) is 4.38. The number of carbonyl (C=O) groups is 1. The van der Waals surface area contributed by atoms with E-state index < -0.39 is 31.6 Å². The van der Waals surface area contributed by atoms with Crippen LogP contribution in [0.15, 0.2) is 11.0 Å². The first-order valence-corrected chi connectivity index (χ1v) is 6.12. The summed E-state index contributed by atoms with van der Waals surface area (Å²) in [6.45, 7) is 0. The van der Waals surface area contributed by atoms with Gasteiger partial charge in [-0.3, -0.25) is 4.55 Å². The molecule has 0 spiro atoms. The van der Waals surface area contributed by atoms with Gasteiger partial charge in [-0.05, 0) is 6.07 Å². The van der Waals surface area contributed by atoms with Crippen LogP contribution in [0, 0.1) is 0 Å². The average molecular weight is 306 g/mol. The van der Waals surface area contributed by atoms with Crippen molar-refractivity contribution >= 4 is 50.9 Å². The summed E-state index contributed by atoms with van der Waals surface area (Å²) in [5, 5.41) is 7.53. The third kappa shape index (κ3) is 2.41. The first-order valence-electron chi connectivity index (χ1n) is 3.54. The van der Waals surface area contributed by atoms with Gasteiger partial charge in [-0.1, -0.05) is 34.8 Å². The van der Waals surface area contributed by atoms with E-state index in [1.54, 1.807) is 0 Å². The molecule has 1 rings (SSSR count). The van der Waals surface area contributed by atoms with Crippen LogP contribution in [0.5, 0.6) is 0 Å². The Bertz CT molecular complexity index is 566. The molecule has 0 aliphatic rings. The van der Waals surface area contributed by atoms with E-state index in [1.165, 1.54) is 0 Å². The molecule has 0 radical (unpaired) electrons. The van der Waals surface area contributed by atoms with Crippen molar-refractivity contribution in [3.8, 4) is 0 Å². The van der Waals surface area contributed by atoms with Crippen molar-refractivity contribution in [1.29, 1.82) is 0 Å². The summed E-state index contributed by atoms with van der Waals surface area (Å²) < 4.78 is 30.7. The topological polar surface area (TPSA) is 91.7 Å². The van der Waals surface area contributed by atoms with Crippen molar-refractivity contribution in [2.24, 2.45) is 0 Å². The van der Waals surface area contributed by atoms with Crippen LogP contribution in [0.1, 0.15) is 10.4 Å². The molecule has 0 saturated heterocycles. The van der Waals surface area contributed by atoms with Gasteiger partial charge in [-0.15, -0.1) is 0 Å². The number of hydrogen-bond acceptors (Lipinski definition) is 3. The van der Waals surface area contributed by atoms with Gasteiger partial charge in [0.2, 0.25) is 0 Å². The minimum atomic E-state index is -4.80. The summed E-state index contributed by atoms with van der Waals surface area (Å²) in [4.78, 5) is 9.77. The van der Waals surface area contributed by atoms with Gasteiger partial charge in [-0.25, -0.2) is 4.79 Å². The molecule has 0 saturated carbocycles. The molecule has 0 aromatic heterocycles. The molecule has 2 N–H and O–H groups in total. The van der Waals surface area contributed by atoms with Crippen LogP contribution in [0.3, 0.4) is 0 Å². The minimum absolute atomic E-state index is 0.225. The van der Waals surface area contributed by atoms with E-state index in [4.69, 9.17) is 44.5 Å². The Morgan fingerprint density at radius 1 is 1.19 bits per heavy atom. The fourth-order valence-electron chi connectivity index (χ4n) is 0.989. The highest BCUT2D eigenvalue weighted by atomic mass is 35.5. The normalized spacial score (nSPS) is 11.5. The van der Waals surface area contributed by atoms with Crippen LogP contribution in [-0.4, -0.2) is 24.0 Å². The fraction of sp³-hybridized carbons (Fsp3) is 0. The van der Waals surface area contributed by atoms with Gasteiger partial charge in [0, 0.05) is 0 Å². The zero-order valence-corrected chi connectivity index (χ0v) is 10.3. The predicted octanol–water partition coefficient (Wildman–Crippen LogP) is 2.59. The van der Waals surface area contributed by atoms with Gasteiger partial charge < -0.3 is 5.11 Å². The lowest BCUT2D eigenvalue weighted by Crippen LogP contribution is -2.09. The first kappa shape index (κ1) is 13.5. The lowest BCUT2D eigenvalue weighted by Gasteiger charge is -2.08.